The second-order valence-corrected chi connectivity index (χ2v) is 5.73. The molecule has 0 unspecified atom stereocenters. The van der Waals surface area contributed by atoms with Crippen LogP contribution in [0.25, 0.3) is 0 Å². The van der Waals surface area contributed by atoms with Crippen LogP contribution in [-0.4, -0.2) is 21.1 Å². The first-order valence-corrected chi connectivity index (χ1v) is 7.40. The Morgan fingerprint density at radius 2 is 2.13 bits per heavy atom. The molecule has 0 amide bonds. The van der Waals surface area contributed by atoms with Crippen LogP contribution in [0.4, 0.5) is 0 Å². The van der Waals surface area contributed by atoms with Gasteiger partial charge < -0.3 is 0 Å². The van der Waals surface area contributed by atoms with E-state index in [1.165, 1.54) is 25.7 Å². The maximum absolute atomic E-state index is 4.29. The predicted octanol–water partition coefficient (Wildman–Crippen LogP) is 3.52. The van der Waals surface area contributed by atoms with Crippen LogP contribution in [0, 0.1) is 5.41 Å². The van der Waals surface area contributed by atoms with Gasteiger partial charge in [-0.1, -0.05) is 28.8 Å². The van der Waals surface area contributed by atoms with Gasteiger partial charge in [0.15, 0.2) is 0 Å². The lowest BCUT2D eigenvalue weighted by Crippen LogP contribution is -2.21. The van der Waals surface area contributed by atoms with Crippen LogP contribution in [0.1, 0.15) is 25.7 Å². The smallest absolute Gasteiger partial charge is 0.114 e. The Morgan fingerprint density at radius 3 is 2.73 bits per heavy atom. The van der Waals surface area contributed by atoms with Crippen LogP contribution >= 0.6 is 27.7 Å². The van der Waals surface area contributed by atoms with E-state index in [1.54, 1.807) is 12.4 Å². The summed E-state index contributed by atoms with van der Waals surface area (Å²) in [6, 6.07) is 0. The van der Waals surface area contributed by atoms with Crippen molar-refractivity contribution < 1.29 is 0 Å². The lowest BCUT2D eigenvalue weighted by Gasteiger charge is -2.25. The first kappa shape index (κ1) is 11.4. The van der Waals surface area contributed by atoms with E-state index in [2.05, 4.69) is 25.9 Å². The summed E-state index contributed by atoms with van der Waals surface area (Å²) in [5.41, 5.74) is 0.502. The summed E-state index contributed by atoms with van der Waals surface area (Å²) in [7, 11) is 0. The van der Waals surface area contributed by atoms with Gasteiger partial charge in [-0.3, -0.25) is 4.98 Å². The average Bonchev–Trinajstić information content (AvgIpc) is 2.77. The van der Waals surface area contributed by atoms with Crippen molar-refractivity contribution in [2.24, 2.45) is 5.41 Å². The number of alkyl halides is 1. The van der Waals surface area contributed by atoms with Gasteiger partial charge in [-0.25, -0.2) is 4.98 Å². The molecular weight excluding hydrogens is 272 g/mol. The Bertz CT molecular complexity index is 299. The van der Waals surface area contributed by atoms with Gasteiger partial charge in [0.25, 0.3) is 0 Å². The van der Waals surface area contributed by atoms with Gasteiger partial charge in [-0.15, -0.1) is 11.8 Å². The molecule has 0 aliphatic heterocycles. The van der Waals surface area contributed by atoms with Crippen molar-refractivity contribution in [3.05, 3.63) is 18.6 Å². The van der Waals surface area contributed by atoms with E-state index in [1.807, 2.05) is 18.0 Å². The Balaban J connectivity index is 1.92. The van der Waals surface area contributed by atoms with Gasteiger partial charge in [0.2, 0.25) is 0 Å². The summed E-state index contributed by atoms with van der Waals surface area (Å²) in [5, 5.41) is 2.16. The number of hydrogen-bond acceptors (Lipinski definition) is 3. The third-order valence-corrected chi connectivity index (χ3v) is 5.47. The van der Waals surface area contributed by atoms with Crippen LogP contribution in [0.2, 0.25) is 0 Å². The number of rotatable bonds is 4. The molecule has 2 nitrogen and oxygen atoms in total. The van der Waals surface area contributed by atoms with Gasteiger partial charge in [-0.2, -0.15) is 0 Å². The highest BCUT2D eigenvalue weighted by atomic mass is 79.9. The zero-order valence-electron chi connectivity index (χ0n) is 8.66. The van der Waals surface area contributed by atoms with E-state index in [0.29, 0.717) is 5.41 Å². The standard InChI is InChI=1S/C11H15BrN2S/c12-8-11(3-1-2-4-11)9-15-10-7-13-5-6-14-10/h5-7H,1-4,8-9H2. The van der Waals surface area contributed by atoms with Crippen molar-refractivity contribution in [3.63, 3.8) is 0 Å². The highest BCUT2D eigenvalue weighted by Gasteiger charge is 2.32. The van der Waals surface area contributed by atoms with Crippen LogP contribution in [-0.2, 0) is 0 Å². The minimum atomic E-state index is 0.502. The van der Waals surface area contributed by atoms with E-state index in [9.17, 15) is 0 Å². The first-order chi connectivity index (χ1) is 7.35. The predicted molar refractivity (Wildman–Crippen MR) is 67.5 cm³/mol. The van der Waals surface area contributed by atoms with E-state index < -0.39 is 0 Å². The fourth-order valence-electron chi connectivity index (χ4n) is 2.03. The van der Waals surface area contributed by atoms with E-state index in [4.69, 9.17) is 0 Å². The molecule has 1 saturated carbocycles. The van der Waals surface area contributed by atoms with E-state index in [0.717, 1.165) is 16.1 Å². The largest absolute Gasteiger partial charge is 0.260 e. The Labute approximate surface area is 103 Å². The van der Waals surface area contributed by atoms with Crippen molar-refractivity contribution in [1.29, 1.82) is 0 Å². The second kappa shape index (κ2) is 5.30. The molecule has 0 radical (unpaired) electrons. The monoisotopic (exact) mass is 286 g/mol. The van der Waals surface area contributed by atoms with Crippen LogP contribution in [0.15, 0.2) is 23.6 Å². The molecule has 0 aromatic carbocycles. The molecule has 1 aliphatic rings. The Hall–Kier alpha value is -0.0900. The summed E-state index contributed by atoms with van der Waals surface area (Å²) in [5.74, 6) is 1.16. The minimum absolute atomic E-state index is 0.502. The molecule has 0 saturated heterocycles. The summed E-state index contributed by atoms with van der Waals surface area (Å²) in [6.45, 7) is 0. The summed E-state index contributed by atoms with van der Waals surface area (Å²) in [4.78, 5) is 8.37. The number of nitrogens with zero attached hydrogens (tertiary/aromatic N) is 2. The lowest BCUT2D eigenvalue weighted by atomic mass is 9.92. The van der Waals surface area contributed by atoms with Crippen molar-refractivity contribution >= 4 is 27.7 Å². The molecule has 15 heavy (non-hydrogen) atoms. The molecule has 2 rings (SSSR count). The molecule has 1 aromatic rings. The van der Waals surface area contributed by atoms with Crippen molar-refractivity contribution in [2.75, 3.05) is 11.1 Å². The fourth-order valence-corrected chi connectivity index (χ4v) is 4.17. The van der Waals surface area contributed by atoms with Gasteiger partial charge in [0, 0.05) is 23.5 Å². The Morgan fingerprint density at radius 1 is 1.33 bits per heavy atom. The molecule has 0 bridgehead atoms. The summed E-state index contributed by atoms with van der Waals surface area (Å²) in [6.07, 6.45) is 10.8. The molecule has 4 heteroatoms. The average molecular weight is 287 g/mol. The Kier molecular flexibility index (Phi) is 4.03. The van der Waals surface area contributed by atoms with Gasteiger partial charge >= 0.3 is 0 Å². The topological polar surface area (TPSA) is 25.8 Å². The van der Waals surface area contributed by atoms with Gasteiger partial charge in [0.05, 0.1) is 6.20 Å². The molecule has 82 valence electrons. The summed E-state index contributed by atoms with van der Waals surface area (Å²) < 4.78 is 0. The number of halogens is 1. The fraction of sp³-hybridized carbons (Fsp3) is 0.636. The summed E-state index contributed by atoms with van der Waals surface area (Å²) >= 11 is 5.50. The number of aromatic nitrogens is 2. The van der Waals surface area contributed by atoms with Crippen molar-refractivity contribution in [1.82, 2.24) is 9.97 Å². The van der Waals surface area contributed by atoms with Crippen LogP contribution in [0.3, 0.4) is 0 Å². The zero-order chi connectivity index (χ0) is 10.6. The number of thioether (sulfide) groups is 1. The maximum Gasteiger partial charge on any atom is 0.114 e. The van der Waals surface area contributed by atoms with Crippen molar-refractivity contribution in [2.45, 2.75) is 30.7 Å². The van der Waals surface area contributed by atoms with Crippen LogP contribution < -0.4 is 0 Å². The lowest BCUT2D eigenvalue weighted by molar-refractivity contribution is 0.405. The zero-order valence-corrected chi connectivity index (χ0v) is 11.1. The molecule has 1 fully saturated rings. The maximum atomic E-state index is 4.29. The SMILES string of the molecule is BrCC1(CSc2cnccn2)CCCC1. The highest BCUT2D eigenvalue weighted by Crippen LogP contribution is 2.43. The quantitative estimate of drug-likeness (QED) is 0.626. The van der Waals surface area contributed by atoms with E-state index in [-0.39, 0.29) is 0 Å². The highest BCUT2D eigenvalue weighted by molar-refractivity contribution is 9.09. The normalized spacial score (nSPS) is 19.3. The molecule has 1 aromatic heterocycles. The minimum Gasteiger partial charge on any atom is -0.260 e. The van der Waals surface area contributed by atoms with Crippen LogP contribution in [0.5, 0.6) is 0 Å². The molecule has 0 N–H and O–H groups in total. The van der Waals surface area contributed by atoms with Crippen molar-refractivity contribution in [3.8, 4) is 0 Å². The third kappa shape index (κ3) is 2.94. The molecule has 1 aliphatic carbocycles. The van der Waals surface area contributed by atoms with Gasteiger partial charge in [-0.05, 0) is 18.3 Å². The van der Waals surface area contributed by atoms with Gasteiger partial charge in [0.1, 0.15) is 5.03 Å². The first-order valence-electron chi connectivity index (χ1n) is 5.29. The third-order valence-electron chi connectivity index (χ3n) is 3.01. The molecule has 1 heterocycles. The second-order valence-electron chi connectivity index (χ2n) is 4.17. The molecule has 0 atom stereocenters. The number of hydrogen-bond donors (Lipinski definition) is 0. The molecular formula is C11H15BrN2S. The molecule has 0 spiro atoms. The van der Waals surface area contributed by atoms with E-state index >= 15 is 0 Å².